The van der Waals surface area contributed by atoms with Crippen LogP contribution in [-0.2, 0) is 0 Å². The number of para-hydroxylation sites is 1. The second-order valence-electron chi connectivity index (χ2n) is 6.37. The lowest BCUT2D eigenvalue weighted by Gasteiger charge is -2.34. The van der Waals surface area contributed by atoms with Gasteiger partial charge >= 0.3 is 0 Å². The topological polar surface area (TPSA) is 46.6 Å². The van der Waals surface area contributed by atoms with Crippen LogP contribution in [0.25, 0.3) is 0 Å². The van der Waals surface area contributed by atoms with E-state index in [1.807, 2.05) is 12.1 Å². The summed E-state index contributed by atoms with van der Waals surface area (Å²) in [4.78, 5) is 26.6. The number of carbonyl (C=O) groups is 2. The van der Waals surface area contributed by atoms with E-state index in [0.29, 0.717) is 36.4 Å². The molecule has 2 aromatic rings. The molecule has 1 amide bonds. The minimum Gasteiger partial charge on any atom is -0.484 e. The van der Waals surface area contributed by atoms with E-state index in [0.717, 1.165) is 0 Å². The van der Waals surface area contributed by atoms with Gasteiger partial charge in [-0.3, -0.25) is 9.59 Å². The van der Waals surface area contributed by atoms with Gasteiger partial charge in [-0.15, -0.1) is 0 Å². The van der Waals surface area contributed by atoms with Crippen molar-refractivity contribution in [1.29, 1.82) is 0 Å². The van der Waals surface area contributed by atoms with Gasteiger partial charge in [0.25, 0.3) is 5.91 Å². The lowest BCUT2D eigenvalue weighted by molar-refractivity contribution is 0.0428. The highest BCUT2D eigenvalue weighted by molar-refractivity contribution is 6.00. The summed E-state index contributed by atoms with van der Waals surface area (Å²) in [7, 11) is 0. The van der Waals surface area contributed by atoms with Gasteiger partial charge < -0.3 is 9.64 Å². The average Bonchev–Trinajstić information content (AvgIpc) is 2.97. The summed E-state index contributed by atoms with van der Waals surface area (Å²) in [5, 5.41) is 0. The molecule has 4 nitrogen and oxygen atoms in total. The summed E-state index contributed by atoms with van der Waals surface area (Å²) in [6, 6.07) is 12.8. The van der Waals surface area contributed by atoms with Crippen molar-refractivity contribution in [2.45, 2.75) is 18.4 Å². The van der Waals surface area contributed by atoms with Crippen LogP contribution in [0.5, 0.6) is 5.75 Å². The Labute approximate surface area is 138 Å². The van der Waals surface area contributed by atoms with Gasteiger partial charge in [-0.05, 0) is 30.3 Å². The molecule has 1 atom stereocenters. The first-order chi connectivity index (χ1) is 11.6. The SMILES string of the molecule is O=C1CC2(CCN(C(=O)c3cccc(F)c3)C2)Oc2ccccc21. The second kappa shape index (κ2) is 5.44. The standard InChI is InChI=1S/C19H16FNO3/c20-14-5-3-4-13(10-14)18(23)21-9-8-19(12-21)11-16(22)15-6-1-2-7-17(15)24-19/h1-7,10H,8-9,11-12H2. The van der Waals surface area contributed by atoms with Crippen molar-refractivity contribution in [2.24, 2.45) is 0 Å². The zero-order valence-corrected chi connectivity index (χ0v) is 13.0. The van der Waals surface area contributed by atoms with Crippen LogP contribution < -0.4 is 4.74 Å². The fraction of sp³-hybridized carbons (Fsp3) is 0.263. The number of nitrogens with zero attached hydrogens (tertiary/aromatic N) is 1. The predicted octanol–water partition coefficient (Wildman–Crippen LogP) is 3.08. The third kappa shape index (κ3) is 2.46. The predicted molar refractivity (Wildman–Crippen MR) is 85.7 cm³/mol. The number of halogens is 1. The van der Waals surface area contributed by atoms with Gasteiger partial charge in [0.2, 0.25) is 0 Å². The number of hydrogen-bond acceptors (Lipinski definition) is 3. The molecule has 0 radical (unpaired) electrons. The largest absolute Gasteiger partial charge is 0.484 e. The van der Waals surface area contributed by atoms with E-state index in [2.05, 4.69) is 0 Å². The van der Waals surface area contributed by atoms with Gasteiger partial charge in [0.15, 0.2) is 5.78 Å². The fourth-order valence-corrected chi connectivity index (χ4v) is 3.49. The molecule has 0 N–H and O–H groups in total. The van der Waals surface area contributed by atoms with Crippen LogP contribution in [0.1, 0.15) is 33.6 Å². The molecule has 2 heterocycles. The van der Waals surface area contributed by atoms with E-state index >= 15 is 0 Å². The lowest BCUT2D eigenvalue weighted by Crippen LogP contribution is -2.45. The highest BCUT2D eigenvalue weighted by atomic mass is 19.1. The normalized spacial score (nSPS) is 22.4. The number of benzene rings is 2. The zero-order chi connectivity index (χ0) is 16.7. The molecule has 0 saturated carbocycles. The molecule has 0 aromatic heterocycles. The minimum atomic E-state index is -0.672. The van der Waals surface area contributed by atoms with Gasteiger partial charge in [-0.25, -0.2) is 4.39 Å². The van der Waals surface area contributed by atoms with Crippen LogP contribution in [0.3, 0.4) is 0 Å². The number of fused-ring (bicyclic) bond motifs is 1. The van der Waals surface area contributed by atoms with E-state index in [1.165, 1.54) is 18.2 Å². The van der Waals surface area contributed by atoms with Gasteiger partial charge in [0.05, 0.1) is 18.5 Å². The van der Waals surface area contributed by atoms with Crippen molar-refractivity contribution < 1.29 is 18.7 Å². The summed E-state index contributed by atoms with van der Waals surface area (Å²) in [6.45, 7) is 0.827. The molecule has 1 saturated heterocycles. The molecule has 5 heteroatoms. The summed E-state index contributed by atoms with van der Waals surface area (Å²) < 4.78 is 19.4. The van der Waals surface area contributed by atoms with Crippen LogP contribution in [0.4, 0.5) is 4.39 Å². The molecule has 4 rings (SSSR count). The van der Waals surface area contributed by atoms with Crippen molar-refractivity contribution >= 4 is 11.7 Å². The number of rotatable bonds is 1. The Balaban J connectivity index is 1.57. The number of ether oxygens (including phenoxy) is 1. The maximum Gasteiger partial charge on any atom is 0.254 e. The Kier molecular flexibility index (Phi) is 3.37. The molecule has 1 unspecified atom stereocenters. The molecular formula is C19H16FNO3. The molecule has 2 aliphatic heterocycles. The third-order valence-corrected chi connectivity index (χ3v) is 4.67. The summed E-state index contributed by atoms with van der Waals surface area (Å²) in [5.41, 5.74) is 0.238. The van der Waals surface area contributed by atoms with Crippen LogP contribution in [-0.4, -0.2) is 35.3 Å². The van der Waals surface area contributed by atoms with Gasteiger partial charge in [0.1, 0.15) is 17.2 Å². The smallest absolute Gasteiger partial charge is 0.254 e. The number of carbonyl (C=O) groups excluding carboxylic acids is 2. The molecular weight excluding hydrogens is 309 g/mol. The Bertz CT molecular complexity index is 835. The van der Waals surface area contributed by atoms with Crippen LogP contribution in [0.2, 0.25) is 0 Å². The Hall–Kier alpha value is -2.69. The van der Waals surface area contributed by atoms with Crippen molar-refractivity contribution in [3.8, 4) is 5.75 Å². The monoisotopic (exact) mass is 325 g/mol. The number of likely N-dealkylation sites (tertiary alicyclic amines) is 1. The van der Waals surface area contributed by atoms with Crippen LogP contribution in [0, 0.1) is 5.82 Å². The van der Waals surface area contributed by atoms with E-state index in [1.54, 1.807) is 23.1 Å². The highest BCUT2D eigenvalue weighted by Gasteiger charge is 2.47. The van der Waals surface area contributed by atoms with Crippen molar-refractivity contribution in [3.63, 3.8) is 0 Å². The highest BCUT2D eigenvalue weighted by Crippen LogP contribution is 2.38. The third-order valence-electron chi connectivity index (χ3n) is 4.67. The summed E-state index contributed by atoms with van der Waals surface area (Å²) in [6.07, 6.45) is 0.852. The van der Waals surface area contributed by atoms with Gasteiger partial charge in [-0.1, -0.05) is 18.2 Å². The fourth-order valence-electron chi connectivity index (χ4n) is 3.49. The Morgan fingerprint density at radius 3 is 2.83 bits per heavy atom. The molecule has 24 heavy (non-hydrogen) atoms. The molecule has 122 valence electrons. The molecule has 0 aliphatic carbocycles. The molecule has 2 aromatic carbocycles. The molecule has 0 bridgehead atoms. The molecule has 2 aliphatic rings. The maximum absolute atomic E-state index is 13.3. The van der Waals surface area contributed by atoms with Crippen molar-refractivity contribution in [3.05, 3.63) is 65.5 Å². The Morgan fingerprint density at radius 2 is 2.00 bits per heavy atom. The summed E-state index contributed by atoms with van der Waals surface area (Å²) >= 11 is 0. The number of ketones is 1. The number of amides is 1. The van der Waals surface area contributed by atoms with Crippen molar-refractivity contribution in [2.75, 3.05) is 13.1 Å². The minimum absolute atomic E-state index is 0.0388. The number of Topliss-reactive ketones (excluding diaryl/α,β-unsaturated/α-hetero) is 1. The number of hydrogen-bond donors (Lipinski definition) is 0. The van der Waals surface area contributed by atoms with Crippen LogP contribution >= 0.6 is 0 Å². The molecule has 1 fully saturated rings. The van der Waals surface area contributed by atoms with Crippen LogP contribution in [0.15, 0.2) is 48.5 Å². The molecule has 1 spiro atoms. The first-order valence-electron chi connectivity index (χ1n) is 7.92. The van der Waals surface area contributed by atoms with E-state index in [9.17, 15) is 14.0 Å². The van der Waals surface area contributed by atoms with Gasteiger partial charge in [0, 0.05) is 18.5 Å². The van der Waals surface area contributed by atoms with E-state index in [-0.39, 0.29) is 18.1 Å². The summed E-state index contributed by atoms with van der Waals surface area (Å²) in [5.74, 6) is -0.0558. The van der Waals surface area contributed by atoms with E-state index in [4.69, 9.17) is 4.74 Å². The lowest BCUT2D eigenvalue weighted by atomic mass is 9.89. The average molecular weight is 325 g/mol. The van der Waals surface area contributed by atoms with Crippen molar-refractivity contribution in [1.82, 2.24) is 4.90 Å². The Morgan fingerprint density at radius 1 is 1.17 bits per heavy atom. The maximum atomic E-state index is 13.3. The van der Waals surface area contributed by atoms with Gasteiger partial charge in [-0.2, -0.15) is 0 Å². The first-order valence-corrected chi connectivity index (χ1v) is 7.92. The quantitative estimate of drug-likeness (QED) is 0.809. The first kappa shape index (κ1) is 14.9. The van der Waals surface area contributed by atoms with E-state index < -0.39 is 11.4 Å². The second-order valence-corrected chi connectivity index (χ2v) is 6.37. The zero-order valence-electron chi connectivity index (χ0n) is 13.0.